The molecule has 0 atom stereocenters. The second-order valence-electron chi connectivity index (χ2n) is 9.73. The van der Waals surface area contributed by atoms with Crippen molar-refractivity contribution in [3.05, 3.63) is 58.7 Å². The zero-order valence-electron chi connectivity index (χ0n) is 24.4. The molecule has 11 nitrogen and oxygen atoms in total. The minimum atomic E-state index is -0.631. The molecule has 2 amide bonds. The van der Waals surface area contributed by atoms with Gasteiger partial charge in [-0.25, -0.2) is 9.97 Å². The number of likely N-dealkylation sites (N-methyl/N-ethyl adjacent to an activating group) is 1. The molecule has 1 fully saturated rings. The van der Waals surface area contributed by atoms with Crippen LogP contribution in [0.15, 0.2) is 30.4 Å². The van der Waals surface area contributed by atoms with E-state index in [0.717, 1.165) is 86.0 Å². The first-order chi connectivity index (χ1) is 20.4. The average molecular weight is 869 g/mol. The smallest absolute Gasteiger partial charge is 0.306 e. The summed E-state index contributed by atoms with van der Waals surface area (Å²) in [6, 6.07) is 6.14. The van der Waals surface area contributed by atoms with E-state index in [1.165, 1.54) is 24.8 Å². The molecule has 44 heavy (non-hydrogen) atoms. The molecule has 3 aromatic rings. The van der Waals surface area contributed by atoms with Crippen molar-refractivity contribution in [3.63, 3.8) is 0 Å². The number of carbonyl (C=O) groups excluding carboxylic acids is 2. The van der Waals surface area contributed by atoms with Crippen molar-refractivity contribution in [2.24, 2.45) is 13.0 Å². The molecule has 5 rings (SSSR count). The molecule has 4 heterocycles. The SMILES string of the molecule is C.CN1C(=O)C=CC1=O.CN1CCC(C(=O)O)CC1.Cc1ccc2nc(CBr)c(CBr)nc2c1.Cn1nnc(CBr)c1CBr. The van der Waals surface area contributed by atoms with Crippen LogP contribution in [0.2, 0.25) is 0 Å². The van der Waals surface area contributed by atoms with E-state index in [2.05, 4.69) is 108 Å². The van der Waals surface area contributed by atoms with Crippen LogP contribution in [0.1, 0.15) is 48.6 Å². The van der Waals surface area contributed by atoms with E-state index < -0.39 is 5.97 Å². The second-order valence-corrected chi connectivity index (χ2v) is 12.0. The van der Waals surface area contributed by atoms with E-state index in [4.69, 9.17) is 5.11 Å². The third-order valence-corrected chi connectivity index (χ3v) is 8.73. The van der Waals surface area contributed by atoms with Crippen LogP contribution in [0.5, 0.6) is 0 Å². The number of nitrogens with zero attached hydrogens (tertiary/aromatic N) is 7. The summed E-state index contributed by atoms with van der Waals surface area (Å²) in [5, 5.41) is 19.5. The number of halogens is 4. The first kappa shape index (κ1) is 40.0. The molecule has 0 aliphatic carbocycles. The summed E-state index contributed by atoms with van der Waals surface area (Å²) in [6.07, 6.45) is 4.13. The zero-order valence-corrected chi connectivity index (χ0v) is 30.8. The number of alkyl halides is 4. The predicted molar refractivity (Wildman–Crippen MR) is 187 cm³/mol. The molecule has 0 bridgehead atoms. The van der Waals surface area contributed by atoms with Crippen LogP contribution in [0.25, 0.3) is 11.0 Å². The highest BCUT2D eigenvalue weighted by Crippen LogP contribution is 2.18. The predicted octanol–water partition coefficient (Wildman–Crippen LogP) is 5.92. The van der Waals surface area contributed by atoms with Gasteiger partial charge in [-0.3, -0.25) is 24.0 Å². The molecule has 2 aliphatic heterocycles. The first-order valence-corrected chi connectivity index (χ1v) is 17.7. The lowest BCUT2D eigenvalue weighted by Gasteiger charge is -2.25. The lowest BCUT2D eigenvalue weighted by atomic mass is 9.98. The van der Waals surface area contributed by atoms with Gasteiger partial charge >= 0.3 is 5.97 Å². The Morgan fingerprint density at radius 2 is 1.39 bits per heavy atom. The summed E-state index contributed by atoms with van der Waals surface area (Å²) in [5.41, 5.74) is 7.27. The van der Waals surface area contributed by atoms with Crippen molar-refractivity contribution in [3.8, 4) is 0 Å². The number of aryl methyl sites for hydroxylation is 2. The lowest BCUT2D eigenvalue weighted by Crippen LogP contribution is -2.33. The van der Waals surface area contributed by atoms with E-state index in [1.807, 2.05) is 20.2 Å². The Labute approximate surface area is 292 Å². The highest BCUT2D eigenvalue weighted by atomic mass is 79.9. The Balaban J connectivity index is 0.000000300. The number of hydrogen-bond acceptors (Lipinski definition) is 8. The summed E-state index contributed by atoms with van der Waals surface area (Å²) in [4.78, 5) is 43.6. The quantitative estimate of drug-likeness (QED) is 0.245. The van der Waals surface area contributed by atoms with E-state index in [1.54, 1.807) is 4.68 Å². The van der Waals surface area contributed by atoms with Gasteiger partial charge in [-0.05, 0) is 57.6 Å². The third kappa shape index (κ3) is 12.0. The molecule has 2 aromatic heterocycles. The molecule has 0 saturated carbocycles. The number of hydrogen-bond donors (Lipinski definition) is 1. The molecule has 242 valence electrons. The Hall–Kier alpha value is -2.07. The number of imide groups is 1. The normalized spacial score (nSPS) is 14.6. The number of fused-ring (bicyclic) bond motifs is 1. The van der Waals surface area contributed by atoms with Gasteiger partial charge in [0.25, 0.3) is 11.8 Å². The number of likely N-dealkylation sites (tertiary alicyclic amines) is 1. The fourth-order valence-corrected chi connectivity index (χ4v) is 5.89. The van der Waals surface area contributed by atoms with Gasteiger partial charge in [0.05, 0.1) is 39.7 Å². The van der Waals surface area contributed by atoms with Crippen molar-refractivity contribution >= 4 is 92.5 Å². The van der Waals surface area contributed by atoms with Crippen LogP contribution in [0.4, 0.5) is 0 Å². The zero-order chi connectivity index (χ0) is 32.1. The standard InChI is InChI=1S/C11H10Br2N2.C7H13NO2.C5H7Br2N3.C5H5NO2.CH4/c1-7-2-3-8-9(4-7)15-11(6-13)10(5-12)14-8;1-8-4-2-6(3-5-8)7(9)10;1-10-5(3-7)4(2-6)8-9-10;1-6-4(7)2-3-5(6)8;/h2-4H,5-6H2,1H3;6H,2-5H2,1H3,(H,9,10);2-3H2,1H3;2-3H,1H3;1H4. The summed E-state index contributed by atoms with van der Waals surface area (Å²) >= 11 is 13.5. The molecule has 0 radical (unpaired) electrons. The van der Waals surface area contributed by atoms with Gasteiger partial charge in [0, 0.05) is 47.6 Å². The molecule has 1 saturated heterocycles. The van der Waals surface area contributed by atoms with Gasteiger partial charge in [0.15, 0.2) is 0 Å². The summed E-state index contributed by atoms with van der Waals surface area (Å²) in [7, 11) is 5.36. The van der Waals surface area contributed by atoms with Gasteiger partial charge in [0.1, 0.15) is 0 Å². The maximum absolute atomic E-state index is 10.4. The maximum atomic E-state index is 10.4. The molecule has 1 aromatic carbocycles. The largest absolute Gasteiger partial charge is 0.481 e. The molecule has 1 N–H and O–H groups in total. The van der Waals surface area contributed by atoms with Gasteiger partial charge in [0.2, 0.25) is 0 Å². The van der Waals surface area contributed by atoms with Crippen molar-refractivity contribution in [1.29, 1.82) is 0 Å². The fourth-order valence-electron chi connectivity index (χ4n) is 3.87. The van der Waals surface area contributed by atoms with Crippen LogP contribution in [-0.4, -0.2) is 84.8 Å². The third-order valence-electron chi connectivity index (χ3n) is 6.60. The topological polar surface area (TPSA) is 134 Å². The highest BCUT2D eigenvalue weighted by molar-refractivity contribution is 9.09. The van der Waals surface area contributed by atoms with Crippen LogP contribution in [0, 0.1) is 12.8 Å². The van der Waals surface area contributed by atoms with Crippen molar-refractivity contribution in [2.75, 3.05) is 27.2 Å². The lowest BCUT2D eigenvalue weighted by molar-refractivity contribution is -0.143. The number of benzene rings is 1. The highest BCUT2D eigenvalue weighted by Gasteiger charge is 2.22. The summed E-state index contributed by atoms with van der Waals surface area (Å²) in [5.74, 6) is -1.20. The van der Waals surface area contributed by atoms with E-state index in [9.17, 15) is 14.4 Å². The van der Waals surface area contributed by atoms with Crippen molar-refractivity contribution < 1.29 is 19.5 Å². The van der Waals surface area contributed by atoms with Gasteiger partial charge in [-0.1, -0.05) is 82.4 Å². The van der Waals surface area contributed by atoms with Crippen molar-refractivity contribution in [1.82, 2.24) is 34.8 Å². The number of piperidine rings is 1. The number of carbonyl (C=O) groups is 3. The van der Waals surface area contributed by atoms with E-state index in [0.29, 0.717) is 0 Å². The fraction of sp³-hybridized carbons (Fsp3) is 0.483. The maximum Gasteiger partial charge on any atom is 0.306 e. The molecule has 0 unspecified atom stereocenters. The minimum Gasteiger partial charge on any atom is -0.481 e. The molecule has 0 spiro atoms. The van der Waals surface area contributed by atoms with Gasteiger partial charge in [-0.2, -0.15) is 0 Å². The van der Waals surface area contributed by atoms with Crippen LogP contribution in [-0.2, 0) is 42.8 Å². The van der Waals surface area contributed by atoms with Crippen LogP contribution < -0.4 is 0 Å². The van der Waals surface area contributed by atoms with E-state index >= 15 is 0 Å². The molecular weight excluding hydrogens is 830 g/mol. The van der Waals surface area contributed by atoms with Crippen LogP contribution in [0.3, 0.4) is 0 Å². The number of rotatable bonds is 5. The van der Waals surface area contributed by atoms with E-state index in [-0.39, 0.29) is 25.2 Å². The Bertz CT molecular complexity index is 1410. The minimum absolute atomic E-state index is 0. The second kappa shape index (κ2) is 20.1. The Kier molecular flexibility index (Phi) is 18.3. The molecule has 2 aliphatic rings. The molecular formula is C29H39Br4N7O4. The number of aliphatic carboxylic acids is 1. The number of carboxylic acid groups (broad SMARTS) is 1. The molecule has 15 heteroatoms. The van der Waals surface area contributed by atoms with Gasteiger partial charge in [-0.15, -0.1) is 5.10 Å². The summed E-state index contributed by atoms with van der Waals surface area (Å²) < 4.78 is 1.77. The van der Waals surface area contributed by atoms with Gasteiger partial charge < -0.3 is 10.0 Å². The number of carboxylic acids is 1. The number of amides is 2. The Morgan fingerprint density at radius 1 is 0.864 bits per heavy atom. The van der Waals surface area contributed by atoms with Crippen LogP contribution >= 0.6 is 63.7 Å². The summed E-state index contributed by atoms with van der Waals surface area (Å²) in [6.45, 7) is 3.92. The first-order valence-electron chi connectivity index (χ1n) is 13.2. The Morgan fingerprint density at radius 3 is 1.80 bits per heavy atom. The van der Waals surface area contributed by atoms with Crippen molar-refractivity contribution in [2.45, 2.75) is 48.5 Å². The monoisotopic (exact) mass is 865 g/mol. The average Bonchev–Trinajstić information content (AvgIpc) is 3.52. The number of aromatic nitrogens is 5.